The minimum Gasteiger partial charge on any atom is -0.478 e. The second kappa shape index (κ2) is 9.06. The average Bonchev–Trinajstić information content (AvgIpc) is 3.59. The maximum atomic E-state index is 11.8. The molecule has 3 N–H and O–H groups in total. The minimum atomic E-state index is -1.23. The highest BCUT2D eigenvalue weighted by Gasteiger charge is 2.17. The van der Waals surface area contributed by atoms with Gasteiger partial charge in [0, 0.05) is 12.4 Å². The second-order valence-corrected chi connectivity index (χ2v) is 7.44. The highest BCUT2D eigenvalue weighted by Crippen LogP contribution is 2.23. The summed E-state index contributed by atoms with van der Waals surface area (Å²) in [5.74, 6) is -3.12. The van der Waals surface area contributed by atoms with E-state index in [1.54, 1.807) is 0 Å². The van der Waals surface area contributed by atoms with Gasteiger partial charge in [0.2, 0.25) is 0 Å². The van der Waals surface area contributed by atoms with Crippen LogP contribution in [0.4, 0.5) is 0 Å². The van der Waals surface area contributed by atoms with Crippen LogP contribution < -0.4 is 0 Å². The molecule has 5 rings (SSSR count). The largest absolute Gasteiger partial charge is 0.478 e. The van der Waals surface area contributed by atoms with Crippen LogP contribution in [0.3, 0.4) is 0 Å². The standard InChI is InChI=1S/C22H13N9O6/c32-20(33)11-1-3-23-18(7-11)30-9-16(26-28-30)14-5-13(22(36)37)6-15(25-14)17-10-31(29-27-17)19-8-12(21(34)35)2-4-24-19/h1-10H,(H,32,33)(H,34,35)(H,36,37). The topological polar surface area (TPSA) is 212 Å². The van der Waals surface area contributed by atoms with Gasteiger partial charge < -0.3 is 15.3 Å². The van der Waals surface area contributed by atoms with E-state index in [0.717, 1.165) is 0 Å². The van der Waals surface area contributed by atoms with Gasteiger partial charge in [0.25, 0.3) is 0 Å². The SMILES string of the molecule is O=C(O)c1cc(-c2cn(-c3cc(C(=O)O)ccn3)nn2)nc(-c2cn(-c3cc(C(=O)O)ccn3)nn2)c1. The predicted octanol–water partition coefficient (Wildman–Crippen LogP) is 1.46. The summed E-state index contributed by atoms with van der Waals surface area (Å²) in [7, 11) is 0. The zero-order valence-corrected chi connectivity index (χ0v) is 18.4. The molecule has 0 aliphatic rings. The Morgan fingerprint density at radius 3 is 1.43 bits per heavy atom. The van der Waals surface area contributed by atoms with Crippen molar-refractivity contribution in [3.05, 3.63) is 77.9 Å². The quantitative estimate of drug-likeness (QED) is 0.290. The summed E-state index contributed by atoms with van der Waals surface area (Å²) < 4.78 is 2.46. The molecule has 182 valence electrons. The smallest absolute Gasteiger partial charge is 0.335 e. The first-order chi connectivity index (χ1) is 17.8. The molecule has 0 amide bonds. The van der Waals surface area contributed by atoms with Gasteiger partial charge in [0.1, 0.15) is 11.4 Å². The summed E-state index contributed by atoms with van der Waals surface area (Å²) >= 11 is 0. The Hall–Kier alpha value is -5.86. The molecule has 0 spiro atoms. The van der Waals surface area contributed by atoms with E-state index in [4.69, 9.17) is 0 Å². The summed E-state index contributed by atoms with van der Waals surface area (Å²) in [6.45, 7) is 0. The van der Waals surface area contributed by atoms with Crippen molar-refractivity contribution < 1.29 is 29.7 Å². The van der Waals surface area contributed by atoms with Crippen molar-refractivity contribution in [1.82, 2.24) is 44.9 Å². The molecule has 0 atom stereocenters. The molecular weight excluding hydrogens is 486 g/mol. The fourth-order valence-corrected chi connectivity index (χ4v) is 3.26. The van der Waals surface area contributed by atoms with Gasteiger partial charge in [-0.05, 0) is 36.4 Å². The lowest BCUT2D eigenvalue weighted by atomic mass is 10.1. The third kappa shape index (κ3) is 4.59. The van der Waals surface area contributed by atoms with Crippen molar-refractivity contribution in [1.29, 1.82) is 0 Å². The van der Waals surface area contributed by atoms with Gasteiger partial charge in [-0.1, -0.05) is 10.4 Å². The summed E-state index contributed by atoms with van der Waals surface area (Å²) in [4.78, 5) is 46.9. The molecule has 0 unspecified atom stereocenters. The third-order valence-corrected chi connectivity index (χ3v) is 5.04. The number of nitrogens with zero attached hydrogens (tertiary/aromatic N) is 9. The first kappa shape index (κ1) is 22.9. The van der Waals surface area contributed by atoms with Gasteiger partial charge in [-0.2, -0.15) is 0 Å². The summed E-state index contributed by atoms with van der Waals surface area (Å²) in [6, 6.07) is 7.86. The van der Waals surface area contributed by atoms with Crippen molar-refractivity contribution in [2.24, 2.45) is 0 Å². The Morgan fingerprint density at radius 2 is 1.03 bits per heavy atom. The highest BCUT2D eigenvalue weighted by molar-refractivity contribution is 5.90. The summed E-state index contributed by atoms with van der Waals surface area (Å²) in [5, 5.41) is 43.9. The van der Waals surface area contributed by atoms with E-state index in [-0.39, 0.29) is 51.1 Å². The van der Waals surface area contributed by atoms with Crippen LogP contribution in [0, 0.1) is 0 Å². The molecule has 0 aliphatic carbocycles. The van der Waals surface area contributed by atoms with Gasteiger partial charge in [0.15, 0.2) is 11.6 Å². The lowest BCUT2D eigenvalue weighted by molar-refractivity contribution is 0.0686. The van der Waals surface area contributed by atoms with Crippen LogP contribution in [0.25, 0.3) is 34.4 Å². The molecule has 0 aliphatic heterocycles. The number of pyridine rings is 3. The first-order valence-corrected chi connectivity index (χ1v) is 10.3. The maximum Gasteiger partial charge on any atom is 0.335 e. The number of hydrogen-bond donors (Lipinski definition) is 3. The lowest BCUT2D eigenvalue weighted by Gasteiger charge is -2.03. The van der Waals surface area contributed by atoms with E-state index < -0.39 is 17.9 Å². The van der Waals surface area contributed by atoms with Crippen molar-refractivity contribution in [3.63, 3.8) is 0 Å². The third-order valence-electron chi connectivity index (χ3n) is 5.04. The van der Waals surface area contributed by atoms with Crippen molar-refractivity contribution >= 4 is 17.9 Å². The fraction of sp³-hybridized carbons (Fsp3) is 0. The monoisotopic (exact) mass is 499 g/mol. The number of rotatable bonds is 7. The zero-order valence-electron chi connectivity index (χ0n) is 18.4. The molecule has 0 saturated carbocycles. The zero-order chi connectivity index (χ0) is 26.1. The Morgan fingerprint density at radius 1 is 0.595 bits per heavy atom. The molecular formula is C22H13N9O6. The van der Waals surface area contributed by atoms with Gasteiger partial charge in [0.05, 0.1) is 40.5 Å². The summed E-state index contributed by atoms with van der Waals surface area (Å²) in [6.07, 6.45) is 5.46. The number of aromatic carboxylic acids is 3. The van der Waals surface area contributed by atoms with Crippen LogP contribution in [0.15, 0.2) is 61.2 Å². The van der Waals surface area contributed by atoms with Crippen molar-refractivity contribution in [3.8, 4) is 34.4 Å². The first-order valence-electron chi connectivity index (χ1n) is 10.3. The van der Waals surface area contributed by atoms with E-state index in [1.165, 1.54) is 70.5 Å². The second-order valence-electron chi connectivity index (χ2n) is 7.44. The highest BCUT2D eigenvalue weighted by atomic mass is 16.4. The maximum absolute atomic E-state index is 11.8. The summed E-state index contributed by atoms with van der Waals surface area (Å²) in [5.41, 5.74) is 0.571. The van der Waals surface area contributed by atoms with Crippen LogP contribution >= 0.6 is 0 Å². The Balaban J connectivity index is 1.53. The van der Waals surface area contributed by atoms with Gasteiger partial charge in [-0.25, -0.2) is 38.7 Å². The van der Waals surface area contributed by atoms with Crippen molar-refractivity contribution in [2.45, 2.75) is 0 Å². The van der Waals surface area contributed by atoms with Gasteiger partial charge in [-0.3, -0.25) is 0 Å². The molecule has 5 aromatic heterocycles. The average molecular weight is 499 g/mol. The van der Waals surface area contributed by atoms with Gasteiger partial charge in [-0.15, -0.1) is 10.2 Å². The molecule has 5 heterocycles. The van der Waals surface area contributed by atoms with Crippen LogP contribution in [0.2, 0.25) is 0 Å². The van der Waals surface area contributed by atoms with Crippen LogP contribution in [-0.4, -0.2) is 78.2 Å². The minimum absolute atomic E-state index is 0.00167. The fourth-order valence-electron chi connectivity index (χ4n) is 3.26. The molecule has 15 nitrogen and oxygen atoms in total. The van der Waals surface area contributed by atoms with Crippen molar-refractivity contribution in [2.75, 3.05) is 0 Å². The van der Waals surface area contributed by atoms with Gasteiger partial charge >= 0.3 is 17.9 Å². The molecule has 0 radical (unpaired) electrons. The molecule has 0 fully saturated rings. The number of carboxylic acids is 3. The molecule has 15 heteroatoms. The molecule has 0 saturated heterocycles. The van der Waals surface area contributed by atoms with E-state index >= 15 is 0 Å². The molecule has 0 aromatic carbocycles. The van der Waals surface area contributed by atoms with E-state index in [2.05, 4.69) is 35.6 Å². The Labute approximate surface area is 205 Å². The van der Waals surface area contributed by atoms with E-state index in [9.17, 15) is 29.7 Å². The number of carboxylic acid groups (broad SMARTS) is 3. The van der Waals surface area contributed by atoms with E-state index in [0.29, 0.717) is 0 Å². The Bertz CT molecular complexity index is 1580. The number of aromatic nitrogens is 9. The lowest BCUT2D eigenvalue weighted by Crippen LogP contribution is -2.02. The predicted molar refractivity (Wildman–Crippen MR) is 121 cm³/mol. The molecule has 37 heavy (non-hydrogen) atoms. The molecule has 0 bridgehead atoms. The number of hydrogen-bond acceptors (Lipinski definition) is 10. The van der Waals surface area contributed by atoms with E-state index in [1.807, 2.05) is 0 Å². The molecule has 5 aromatic rings. The van der Waals surface area contributed by atoms with Crippen LogP contribution in [0.5, 0.6) is 0 Å². The van der Waals surface area contributed by atoms with Crippen LogP contribution in [0.1, 0.15) is 31.1 Å². The normalized spacial score (nSPS) is 10.8. The Kier molecular flexibility index (Phi) is 5.61. The number of carbonyl (C=O) groups is 3. The van der Waals surface area contributed by atoms with Crippen LogP contribution in [-0.2, 0) is 0 Å².